The first kappa shape index (κ1) is 26.1. The fraction of sp³-hybridized carbons (Fsp3) is 0.143. The van der Waals surface area contributed by atoms with Gasteiger partial charge in [-0.2, -0.15) is 0 Å². The van der Waals surface area contributed by atoms with E-state index in [2.05, 4.69) is 114 Å². The van der Waals surface area contributed by atoms with Gasteiger partial charge in [0.2, 0.25) is 0 Å². The molecule has 7 aromatic rings. The molecular weight excluding hydrogens is 540 g/mol. The zero-order chi connectivity index (χ0) is 28.7. The van der Waals surface area contributed by atoms with Gasteiger partial charge < -0.3 is 9.13 Å². The fourth-order valence-electron chi connectivity index (χ4n) is 5.99. The van der Waals surface area contributed by atoms with Crippen LogP contribution in [0.15, 0.2) is 122 Å². The second kappa shape index (κ2) is 10.5. The summed E-state index contributed by atoms with van der Waals surface area (Å²) in [6, 6.07) is 33.6. The van der Waals surface area contributed by atoms with E-state index in [9.17, 15) is 0 Å². The van der Waals surface area contributed by atoms with Crippen LogP contribution in [0.4, 0.5) is 0 Å². The molecule has 0 aliphatic rings. The van der Waals surface area contributed by atoms with Crippen molar-refractivity contribution in [1.29, 1.82) is 0 Å². The zero-order valence-corrected chi connectivity index (χ0v) is 24.1. The molecule has 4 aromatic heterocycles. The van der Waals surface area contributed by atoms with E-state index >= 15 is 0 Å². The topological polar surface area (TPSA) is 61.4 Å². The maximum atomic E-state index is 6.48. The summed E-state index contributed by atoms with van der Waals surface area (Å²) < 4.78 is 4.40. The van der Waals surface area contributed by atoms with Crippen molar-refractivity contribution in [2.45, 2.75) is 25.9 Å². The molecular formula is C35H29ClN6. The van der Waals surface area contributed by atoms with E-state index in [0.717, 1.165) is 39.8 Å². The molecule has 0 fully saturated rings. The summed E-state index contributed by atoms with van der Waals surface area (Å²) in [7, 11) is 0. The Kier molecular flexibility index (Phi) is 6.56. The molecule has 0 radical (unpaired) electrons. The normalized spacial score (nSPS) is 12.0. The number of halogens is 1. The van der Waals surface area contributed by atoms with Crippen LogP contribution in [0, 0.1) is 5.92 Å². The van der Waals surface area contributed by atoms with Gasteiger partial charge in [-0.3, -0.25) is 0 Å². The Labute approximate surface area is 249 Å². The molecule has 42 heavy (non-hydrogen) atoms. The number of fused-ring (bicyclic) bond motifs is 2. The number of hydrogen-bond acceptors (Lipinski definition) is 4. The molecule has 206 valence electrons. The van der Waals surface area contributed by atoms with E-state index in [4.69, 9.17) is 31.5 Å². The molecule has 6 nitrogen and oxygen atoms in total. The summed E-state index contributed by atoms with van der Waals surface area (Å²) >= 11 is 6.48. The van der Waals surface area contributed by atoms with Crippen LogP contribution >= 0.6 is 11.6 Å². The van der Waals surface area contributed by atoms with Crippen molar-refractivity contribution in [2.24, 2.45) is 5.92 Å². The number of benzene rings is 3. The first-order valence-electron chi connectivity index (χ1n) is 14.1. The molecule has 0 spiro atoms. The number of aromatic nitrogens is 6. The largest absolute Gasteiger partial charge is 0.332 e. The second-order valence-electron chi connectivity index (χ2n) is 10.9. The van der Waals surface area contributed by atoms with E-state index < -0.39 is 5.54 Å². The molecule has 0 aliphatic carbocycles. The Balaban J connectivity index is 1.58. The third-order valence-corrected chi connectivity index (χ3v) is 7.89. The zero-order valence-electron chi connectivity index (χ0n) is 23.4. The molecule has 7 rings (SSSR count). The van der Waals surface area contributed by atoms with Gasteiger partial charge in [0.1, 0.15) is 21.9 Å². The Morgan fingerprint density at radius 2 is 1.31 bits per heavy atom. The number of nitrogens with zero attached hydrogens (tertiary/aromatic N) is 6. The second-order valence-corrected chi connectivity index (χ2v) is 11.3. The molecule has 0 amide bonds. The molecule has 3 aromatic carbocycles. The minimum absolute atomic E-state index is 0.315. The molecule has 7 heteroatoms. The number of hydrogen-bond donors (Lipinski definition) is 0. The summed E-state index contributed by atoms with van der Waals surface area (Å²) in [6.45, 7) is 5.28. The molecule has 0 unspecified atom stereocenters. The van der Waals surface area contributed by atoms with Crippen LogP contribution < -0.4 is 0 Å². The van der Waals surface area contributed by atoms with Gasteiger partial charge in [0.25, 0.3) is 0 Å². The highest BCUT2D eigenvalue weighted by atomic mass is 35.5. The van der Waals surface area contributed by atoms with Crippen LogP contribution in [0.2, 0.25) is 5.15 Å². The first-order valence-corrected chi connectivity index (χ1v) is 14.5. The molecule has 0 saturated carbocycles. The lowest BCUT2D eigenvalue weighted by molar-refractivity contribution is 0.530. The highest BCUT2D eigenvalue weighted by molar-refractivity contribution is 6.29. The van der Waals surface area contributed by atoms with E-state index in [1.54, 1.807) is 6.20 Å². The molecule has 0 atom stereocenters. The van der Waals surface area contributed by atoms with Crippen LogP contribution in [0.3, 0.4) is 0 Å². The van der Waals surface area contributed by atoms with E-state index in [-0.39, 0.29) is 0 Å². The highest BCUT2D eigenvalue weighted by Gasteiger charge is 2.40. The smallest absolute Gasteiger partial charge is 0.165 e. The molecule has 0 aliphatic heterocycles. The lowest BCUT2D eigenvalue weighted by atomic mass is 9.76. The van der Waals surface area contributed by atoms with Crippen molar-refractivity contribution in [3.8, 4) is 11.4 Å². The lowest BCUT2D eigenvalue weighted by Gasteiger charge is -2.38. The van der Waals surface area contributed by atoms with Crippen molar-refractivity contribution in [2.75, 3.05) is 0 Å². The summed E-state index contributed by atoms with van der Waals surface area (Å²) in [5.74, 6) is 1.06. The van der Waals surface area contributed by atoms with Crippen molar-refractivity contribution in [3.63, 3.8) is 0 Å². The Morgan fingerprint density at radius 3 is 1.88 bits per heavy atom. The quantitative estimate of drug-likeness (QED) is 0.183. The first-order chi connectivity index (χ1) is 20.6. The van der Waals surface area contributed by atoms with Crippen LogP contribution in [-0.2, 0) is 12.1 Å². The monoisotopic (exact) mass is 568 g/mol. The average Bonchev–Trinajstić information content (AvgIpc) is 3.60. The van der Waals surface area contributed by atoms with Gasteiger partial charge in [-0.05, 0) is 28.7 Å². The van der Waals surface area contributed by atoms with Gasteiger partial charge >= 0.3 is 0 Å². The highest BCUT2D eigenvalue weighted by Crippen LogP contribution is 2.44. The van der Waals surface area contributed by atoms with E-state index in [1.807, 2.05) is 24.4 Å². The minimum Gasteiger partial charge on any atom is -0.332 e. The summed E-state index contributed by atoms with van der Waals surface area (Å²) in [5, 5.41) is 1.31. The van der Waals surface area contributed by atoms with Crippen molar-refractivity contribution in [1.82, 2.24) is 29.1 Å². The Morgan fingerprint density at radius 1 is 0.714 bits per heavy atom. The van der Waals surface area contributed by atoms with Crippen LogP contribution in [0.25, 0.3) is 33.6 Å². The fourth-order valence-corrected chi connectivity index (χ4v) is 6.12. The van der Waals surface area contributed by atoms with Gasteiger partial charge in [-0.1, -0.05) is 116 Å². The molecule has 4 heterocycles. The van der Waals surface area contributed by atoms with Crippen molar-refractivity contribution in [3.05, 3.63) is 144 Å². The average molecular weight is 569 g/mol. The van der Waals surface area contributed by atoms with Gasteiger partial charge in [-0.15, -0.1) is 0 Å². The summed E-state index contributed by atoms with van der Waals surface area (Å²) in [5.41, 5.74) is 5.49. The van der Waals surface area contributed by atoms with Gasteiger partial charge in [0, 0.05) is 30.5 Å². The number of rotatable bonds is 7. The SMILES string of the molecule is CC(C)Cn1ccc2cnc(-c3cn(C(c4ccccc4)(c4ccccc4)c4ccccc4)c4ncc(Cl)nc34)nc21. The van der Waals surface area contributed by atoms with Gasteiger partial charge in [-0.25, -0.2) is 19.9 Å². The van der Waals surface area contributed by atoms with Gasteiger partial charge in [0.05, 0.1) is 11.8 Å². The van der Waals surface area contributed by atoms with Crippen molar-refractivity contribution >= 4 is 33.8 Å². The maximum absolute atomic E-state index is 6.48. The van der Waals surface area contributed by atoms with E-state index in [0.29, 0.717) is 28.1 Å². The van der Waals surface area contributed by atoms with Crippen molar-refractivity contribution < 1.29 is 0 Å². The third kappa shape index (κ3) is 4.27. The molecule has 0 saturated heterocycles. The van der Waals surface area contributed by atoms with Crippen LogP contribution in [0.5, 0.6) is 0 Å². The van der Waals surface area contributed by atoms with Crippen LogP contribution in [0.1, 0.15) is 30.5 Å². The standard InChI is InChI=1S/C35H29ClN6/c1-24(2)22-41-19-18-25-20-37-32(40-33(25)41)29-23-42(34-31(29)39-30(36)21-38-34)35(26-12-6-3-7-13-26,27-14-8-4-9-15-27)28-16-10-5-11-17-28/h3-21,23-24H,22H2,1-2H3. The summed E-state index contributed by atoms with van der Waals surface area (Å²) in [6.07, 6.45) is 7.65. The Bertz CT molecular complexity index is 1900. The van der Waals surface area contributed by atoms with Crippen LogP contribution in [-0.4, -0.2) is 29.1 Å². The lowest BCUT2D eigenvalue weighted by Crippen LogP contribution is -2.37. The summed E-state index contributed by atoms with van der Waals surface area (Å²) in [4.78, 5) is 19.6. The minimum atomic E-state index is -0.773. The predicted octanol–water partition coefficient (Wildman–Crippen LogP) is 7.99. The third-order valence-electron chi connectivity index (χ3n) is 7.71. The molecule has 0 N–H and O–H groups in total. The molecule has 0 bridgehead atoms. The maximum Gasteiger partial charge on any atom is 0.165 e. The Hall–Kier alpha value is -4.81. The van der Waals surface area contributed by atoms with Gasteiger partial charge in [0.15, 0.2) is 11.5 Å². The van der Waals surface area contributed by atoms with E-state index in [1.165, 1.54) is 0 Å². The predicted molar refractivity (Wildman–Crippen MR) is 169 cm³/mol.